The highest BCUT2D eigenvalue weighted by Crippen LogP contribution is 2.03. The van der Waals surface area contributed by atoms with Crippen molar-refractivity contribution < 1.29 is 9.59 Å². The van der Waals surface area contributed by atoms with Gasteiger partial charge in [-0.05, 0) is 0 Å². The summed E-state index contributed by atoms with van der Waals surface area (Å²) < 4.78 is 1.57. The Hall–Kier alpha value is -1.92. The van der Waals surface area contributed by atoms with Gasteiger partial charge in [-0.3, -0.25) is 14.8 Å². The normalized spacial score (nSPS) is 16.2. The molecule has 2 rings (SSSR count). The summed E-state index contributed by atoms with van der Waals surface area (Å²) in [6.45, 7) is 0.389. The van der Waals surface area contributed by atoms with Crippen molar-refractivity contribution in [2.45, 2.75) is 6.54 Å². The molecule has 1 aliphatic heterocycles. The average Bonchev–Trinajstić information content (AvgIpc) is 2.62. The van der Waals surface area contributed by atoms with E-state index in [1.54, 1.807) is 11.7 Å². The van der Waals surface area contributed by atoms with E-state index in [0.29, 0.717) is 12.4 Å². The van der Waals surface area contributed by atoms with Gasteiger partial charge < -0.3 is 4.90 Å². The largest absolute Gasteiger partial charge is 0.324 e. The van der Waals surface area contributed by atoms with Gasteiger partial charge in [-0.25, -0.2) is 9.78 Å². The van der Waals surface area contributed by atoms with Crippen molar-refractivity contribution in [3.8, 4) is 0 Å². The van der Waals surface area contributed by atoms with Crippen LogP contribution in [0.4, 0.5) is 4.79 Å². The van der Waals surface area contributed by atoms with E-state index in [4.69, 9.17) is 0 Å². The number of hydrogen-bond acceptors (Lipinski definition) is 4. The smallest absolute Gasteiger partial charge is 0.308 e. The van der Waals surface area contributed by atoms with E-state index < -0.39 is 0 Å². The van der Waals surface area contributed by atoms with Gasteiger partial charge in [-0.2, -0.15) is 5.10 Å². The second kappa shape index (κ2) is 3.09. The standard InChI is InChI=1S/C7H9N5O2/c1-11-5(8-4-9-11)2-12-3-6(13)10-7(12)14/h4H,2-3H2,1H3,(H,10,13,14). The van der Waals surface area contributed by atoms with Crippen LogP contribution in [0.1, 0.15) is 5.82 Å². The van der Waals surface area contributed by atoms with Gasteiger partial charge in [0.2, 0.25) is 5.91 Å². The molecular weight excluding hydrogens is 186 g/mol. The number of imide groups is 1. The molecule has 0 unspecified atom stereocenters. The first-order valence-corrected chi connectivity index (χ1v) is 4.08. The van der Waals surface area contributed by atoms with Crippen molar-refractivity contribution in [2.75, 3.05) is 6.54 Å². The zero-order valence-electron chi connectivity index (χ0n) is 7.60. The summed E-state index contributed by atoms with van der Waals surface area (Å²) in [6, 6.07) is -0.377. The minimum Gasteiger partial charge on any atom is -0.308 e. The number of nitrogens with zero attached hydrogens (tertiary/aromatic N) is 4. The van der Waals surface area contributed by atoms with Crippen LogP contribution in [0.2, 0.25) is 0 Å². The van der Waals surface area contributed by atoms with Crippen LogP contribution in [-0.4, -0.2) is 38.1 Å². The van der Waals surface area contributed by atoms with Gasteiger partial charge in [0.05, 0.1) is 6.54 Å². The fourth-order valence-electron chi connectivity index (χ4n) is 1.24. The van der Waals surface area contributed by atoms with Crippen LogP contribution in [0.3, 0.4) is 0 Å². The number of urea groups is 1. The maximum absolute atomic E-state index is 11.2. The fourth-order valence-corrected chi connectivity index (χ4v) is 1.24. The molecule has 0 aliphatic carbocycles. The highest BCUT2D eigenvalue weighted by molar-refractivity contribution is 6.01. The van der Waals surface area contributed by atoms with Gasteiger partial charge in [0, 0.05) is 7.05 Å². The molecule has 7 nitrogen and oxygen atoms in total. The predicted molar refractivity (Wildman–Crippen MR) is 45.0 cm³/mol. The third-order valence-electron chi connectivity index (χ3n) is 2.01. The van der Waals surface area contributed by atoms with Crippen molar-refractivity contribution in [3.05, 3.63) is 12.2 Å². The highest BCUT2D eigenvalue weighted by atomic mass is 16.2. The lowest BCUT2D eigenvalue weighted by molar-refractivity contribution is -0.118. The maximum Gasteiger partial charge on any atom is 0.324 e. The van der Waals surface area contributed by atoms with Gasteiger partial charge in [0.1, 0.15) is 18.7 Å². The summed E-state index contributed by atoms with van der Waals surface area (Å²) in [5.41, 5.74) is 0. The molecule has 0 spiro atoms. The highest BCUT2D eigenvalue weighted by Gasteiger charge is 2.27. The summed E-state index contributed by atoms with van der Waals surface area (Å²) in [5.74, 6) is 0.368. The molecule has 7 heteroatoms. The molecule has 3 amide bonds. The molecular formula is C7H9N5O2. The monoisotopic (exact) mass is 195 g/mol. The molecule has 2 heterocycles. The quantitative estimate of drug-likeness (QED) is 0.605. The number of carbonyl (C=O) groups is 2. The van der Waals surface area contributed by atoms with E-state index >= 15 is 0 Å². The molecule has 0 radical (unpaired) electrons. The Labute approximate surface area is 79.7 Å². The Morgan fingerprint density at radius 3 is 2.86 bits per heavy atom. The molecule has 0 aromatic carbocycles. The Kier molecular flexibility index (Phi) is 1.91. The zero-order chi connectivity index (χ0) is 10.1. The van der Waals surface area contributed by atoms with Gasteiger partial charge in [0.15, 0.2) is 0 Å². The number of aromatic nitrogens is 3. The van der Waals surface area contributed by atoms with E-state index in [9.17, 15) is 9.59 Å². The summed E-state index contributed by atoms with van der Waals surface area (Å²) >= 11 is 0. The molecule has 74 valence electrons. The number of aryl methyl sites for hydroxylation is 1. The summed E-state index contributed by atoms with van der Waals surface area (Å²) in [6.07, 6.45) is 1.41. The number of rotatable bonds is 2. The van der Waals surface area contributed by atoms with Gasteiger partial charge in [-0.1, -0.05) is 0 Å². The molecule has 1 aliphatic rings. The first-order chi connectivity index (χ1) is 6.66. The van der Waals surface area contributed by atoms with Crippen LogP contribution in [0.5, 0.6) is 0 Å². The molecule has 1 aromatic rings. The second-order valence-electron chi connectivity index (χ2n) is 3.01. The summed E-state index contributed by atoms with van der Waals surface area (Å²) in [5, 5.41) is 6.05. The van der Waals surface area contributed by atoms with E-state index in [-0.39, 0.29) is 18.5 Å². The molecule has 14 heavy (non-hydrogen) atoms. The third-order valence-corrected chi connectivity index (χ3v) is 2.01. The van der Waals surface area contributed by atoms with Gasteiger partial charge >= 0.3 is 6.03 Å². The number of amides is 3. The van der Waals surface area contributed by atoms with Crippen molar-refractivity contribution in [3.63, 3.8) is 0 Å². The molecule has 1 saturated heterocycles. The summed E-state index contributed by atoms with van der Waals surface area (Å²) in [4.78, 5) is 27.4. The molecule has 1 fully saturated rings. The predicted octanol–water partition coefficient (Wildman–Crippen LogP) is -1.13. The third kappa shape index (κ3) is 1.43. The second-order valence-corrected chi connectivity index (χ2v) is 3.01. The van der Waals surface area contributed by atoms with Crippen LogP contribution >= 0.6 is 0 Å². The average molecular weight is 195 g/mol. The SMILES string of the molecule is Cn1ncnc1CN1CC(=O)NC1=O. The lowest BCUT2D eigenvalue weighted by atomic mass is 10.5. The number of carbonyl (C=O) groups excluding carboxylic acids is 2. The van der Waals surface area contributed by atoms with Crippen LogP contribution in [-0.2, 0) is 18.4 Å². The topological polar surface area (TPSA) is 80.1 Å². The van der Waals surface area contributed by atoms with E-state index in [0.717, 1.165) is 0 Å². The Bertz CT molecular complexity index is 385. The van der Waals surface area contributed by atoms with Crippen molar-refractivity contribution in [1.29, 1.82) is 0 Å². The number of nitrogens with one attached hydrogen (secondary N) is 1. The molecule has 1 aromatic heterocycles. The van der Waals surface area contributed by atoms with Crippen molar-refractivity contribution in [1.82, 2.24) is 25.0 Å². The van der Waals surface area contributed by atoms with E-state index in [1.165, 1.54) is 11.2 Å². The first-order valence-electron chi connectivity index (χ1n) is 4.08. The van der Waals surface area contributed by atoms with Gasteiger partial charge in [0.25, 0.3) is 0 Å². The van der Waals surface area contributed by atoms with Crippen LogP contribution < -0.4 is 5.32 Å². The minimum atomic E-state index is -0.377. The van der Waals surface area contributed by atoms with Crippen LogP contribution in [0, 0.1) is 0 Å². The van der Waals surface area contributed by atoms with E-state index in [1.807, 2.05) is 0 Å². The minimum absolute atomic E-state index is 0.0890. The molecule has 0 bridgehead atoms. The van der Waals surface area contributed by atoms with Crippen molar-refractivity contribution >= 4 is 11.9 Å². The maximum atomic E-state index is 11.2. The molecule has 1 N–H and O–H groups in total. The van der Waals surface area contributed by atoms with E-state index in [2.05, 4.69) is 15.4 Å². The summed E-state index contributed by atoms with van der Waals surface area (Å²) in [7, 11) is 1.73. The Morgan fingerprint density at radius 1 is 1.57 bits per heavy atom. The molecule has 0 saturated carbocycles. The zero-order valence-corrected chi connectivity index (χ0v) is 7.60. The lowest BCUT2D eigenvalue weighted by Crippen LogP contribution is -2.28. The first kappa shape index (κ1) is 8.67. The molecule has 0 atom stereocenters. The van der Waals surface area contributed by atoms with Crippen LogP contribution in [0.15, 0.2) is 6.33 Å². The van der Waals surface area contributed by atoms with Gasteiger partial charge in [-0.15, -0.1) is 0 Å². The Morgan fingerprint density at radius 2 is 2.36 bits per heavy atom. The Balaban J connectivity index is 2.09. The van der Waals surface area contributed by atoms with Crippen LogP contribution in [0.25, 0.3) is 0 Å². The lowest BCUT2D eigenvalue weighted by Gasteiger charge is -2.11. The van der Waals surface area contributed by atoms with Crippen molar-refractivity contribution in [2.24, 2.45) is 7.05 Å². The number of hydrogen-bond donors (Lipinski definition) is 1. The fraction of sp³-hybridized carbons (Fsp3) is 0.429.